The lowest BCUT2D eigenvalue weighted by molar-refractivity contribution is 0.331. The number of hydrogen-bond acceptors (Lipinski definition) is 6. The fourth-order valence-corrected chi connectivity index (χ4v) is 5.79. The molecular formula is C27H22FN7S. The number of rotatable bonds is 5. The average molecular weight is 496 g/mol. The summed E-state index contributed by atoms with van der Waals surface area (Å²) in [4.78, 5) is 20.4. The summed E-state index contributed by atoms with van der Waals surface area (Å²) in [7, 11) is 0. The number of aromatic amines is 2. The van der Waals surface area contributed by atoms with Crippen molar-refractivity contribution < 1.29 is 4.39 Å². The van der Waals surface area contributed by atoms with Crippen LogP contribution in [0.2, 0.25) is 0 Å². The molecule has 6 aromatic heterocycles. The zero-order chi connectivity index (χ0) is 24.1. The van der Waals surface area contributed by atoms with E-state index in [9.17, 15) is 4.39 Å². The predicted octanol–water partition coefficient (Wildman–Crippen LogP) is 6.03. The Labute approximate surface area is 210 Å². The molecule has 1 aliphatic rings. The molecule has 2 N–H and O–H groups in total. The topological polar surface area (TPSA) is 86.4 Å². The van der Waals surface area contributed by atoms with Gasteiger partial charge in [0.1, 0.15) is 11.3 Å². The number of H-pyrrole nitrogens is 2. The van der Waals surface area contributed by atoms with Gasteiger partial charge in [-0.3, -0.25) is 20.0 Å². The lowest BCUT2D eigenvalue weighted by Gasteiger charge is -2.14. The monoisotopic (exact) mass is 495 g/mol. The van der Waals surface area contributed by atoms with Crippen molar-refractivity contribution >= 4 is 33.3 Å². The van der Waals surface area contributed by atoms with Gasteiger partial charge in [-0.05, 0) is 67.9 Å². The standard InChI is InChI=1S/C27H22FN7S/c28-25-4-3-24(36-25)18-5-6-30-27-19(18)10-22(32-27)26-20-11-21(31-14-23(20)33-34-26)17-9-16(12-29-13-17)15-35-7-1-2-8-35/h3-6,9-14H,1-2,7-8,15H2,(H,30,32)(H,33,34). The van der Waals surface area contributed by atoms with Crippen molar-refractivity contribution in [1.82, 2.24) is 35.0 Å². The minimum atomic E-state index is -0.206. The van der Waals surface area contributed by atoms with Gasteiger partial charge in [0.25, 0.3) is 0 Å². The number of nitrogens with zero attached hydrogens (tertiary/aromatic N) is 5. The summed E-state index contributed by atoms with van der Waals surface area (Å²) in [6, 6.07) is 11.5. The number of thiophene rings is 1. The number of nitrogens with one attached hydrogen (secondary N) is 2. The van der Waals surface area contributed by atoms with Crippen LogP contribution in [0.4, 0.5) is 4.39 Å². The van der Waals surface area contributed by atoms with Crippen LogP contribution in [0.1, 0.15) is 18.4 Å². The lowest BCUT2D eigenvalue weighted by atomic mass is 10.1. The molecule has 0 spiro atoms. The summed E-state index contributed by atoms with van der Waals surface area (Å²) < 4.78 is 13.7. The van der Waals surface area contributed by atoms with Crippen LogP contribution in [0, 0.1) is 5.13 Å². The second kappa shape index (κ2) is 8.61. The van der Waals surface area contributed by atoms with Gasteiger partial charge in [0.05, 0.1) is 23.1 Å². The maximum absolute atomic E-state index is 13.7. The second-order valence-electron chi connectivity index (χ2n) is 9.16. The molecule has 0 atom stereocenters. The molecule has 0 amide bonds. The third kappa shape index (κ3) is 3.77. The minimum absolute atomic E-state index is 0.206. The Morgan fingerprint density at radius 1 is 0.972 bits per heavy atom. The fraction of sp³-hybridized carbons (Fsp3) is 0.185. The van der Waals surface area contributed by atoms with Gasteiger partial charge in [0.2, 0.25) is 0 Å². The Bertz CT molecular complexity index is 1710. The van der Waals surface area contributed by atoms with Crippen LogP contribution in [0.3, 0.4) is 0 Å². The largest absolute Gasteiger partial charge is 0.338 e. The van der Waals surface area contributed by atoms with E-state index in [0.717, 1.165) is 86.0 Å². The van der Waals surface area contributed by atoms with Crippen molar-refractivity contribution in [2.24, 2.45) is 0 Å². The summed E-state index contributed by atoms with van der Waals surface area (Å²) >= 11 is 1.13. The fourth-order valence-electron chi connectivity index (χ4n) is 5.02. The van der Waals surface area contributed by atoms with Crippen molar-refractivity contribution in [3.8, 4) is 33.1 Å². The molecular weight excluding hydrogens is 473 g/mol. The number of halogens is 1. The van der Waals surface area contributed by atoms with E-state index in [2.05, 4.69) is 47.2 Å². The van der Waals surface area contributed by atoms with Crippen molar-refractivity contribution in [2.75, 3.05) is 13.1 Å². The van der Waals surface area contributed by atoms with Gasteiger partial charge >= 0.3 is 0 Å². The van der Waals surface area contributed by atoms with Crippen LogP contribution >= 0.6 is 11.3 Å². The first kappa shape index (κ1) is 21.3. The lowest BCUT2D eigenvalue weighted by Crippen LogP contribution is -2.18. The molecule has 6 aromatic rings. The highest BCUT2D eigenvalue weighted by atomic mass is 32.1. The van der Waals surface area contributed by atoms with E-state index in [1.807, 2.05) is 30.7 Å². The minimum Gasteiger partial charge on any atom is -0.338 e. The molecule has 7 heterocycles. The first-order chi connectivity index (χ1) is 17.7. The van der Waals surface area contributed by atoms with Gasteiger partial charge < -0.3 is 4.98 Å². The highest BCUT2D eigenvalue weighted by Gasteiger charge is 2.17. The number of hydrogen-bond donors (Lipinski definition) is 2. The Morgan fingerprint density at radius 2 is 1.89 bits per heavy atom. The normalized spacial score (nSPS) is 14.4. The van der Waals surface area contributed by atoms with Gasteiger partial charge in [-0.1, -0.05) is 0 Å². The first-order valence-corrected chi connectivity index (χ1v) is 12.8. The molecule has 9 heteroatoms. The summed E-state index contributed by atoms with van der Waals surface area (Å²) in [5.74, 6) is 0. The van der Waals surface area contributed by atoms with E-state index in [1.165, 1.54) is 24.5 Å². The molecule has 0 aliphatic carbocycles. The molecule has 1 aliphatic heterocycles. The molecule has 7 rings (SSSR count). The van der Waals surface area contributed by atoms with Gasteiger partial charge in [-0.25, -0.2) is 4.98 Å². The zero-order valence-electron chi connectivity index (χ0n) is 19.3. The third-order valence-corrected chi connectivity index (χ3v) is 7.68. The molecule has 36 heavy (non-hydrogen) atoms. The van der Waals surface area contributed by atoms with E-state index in [4.69, 9.17) is 0 Å². The Balaban J connectivity index is 1.28. The van der Waals surface area contributed by atoms with Crippen molar-refractivity contribution in [2.45, 2.75) is 19.4 Å². The molecule has 0 unspecified atom stereocenters. The Morgan fingerprint density at radius 3 is 2.75 bits per heavy atom. The molecule has 0 saturated carbocycles. The first-order valence-electron chi connectivity index (χ1n) is 12.0. The maximum atomic E-state index is 13.7. The van der Waals surface area contributed by atoms with Crippen LogP contribution in [-0.2, 0) is 6.54 Å². The number of aromatic nitrogens is 6. The van der Waals surface area contributed by atoms with Gasteiger partial charge in [-0.15, -0.1) is 11.3 Å². The van der Waals surface area contributed by atoms with Crippen molar-refractivity contribution in [3.05, 3.63) is 71.9 Å². The summed E-state index contributed by atoms with van der Waals surface area (Å²) in [6.07, 6.45) is 9.89. The molecule has 7 nitrogen and oxygen atoms in total. The molecule has 0 bridgehead atoms. The van der Waals surface area contributed by atoms with Gasteiger partial charge in [0, 0.05) is 51.9 Å². The highest BCUT2D eigenvalue weighted by Crippen LogP contribution is 2.36. The Hall–Kier alpha value is -3.95. The van der Waals surface area contributed by atoms with Gasteiger partial charge in [0.15, 0.2) is 5.13 Å². The molecule has 1 fully saturated rings. The van der Waals surface area contributed by atoms with E-state index < -0.39 is 0 Å². The third-order valence-electron chi connectivity index (χ3n) is 6.77. The van der Waals surface area contributed by atoms with Crippen molar-refractivity contribution in [1.29, 1.82) is 0 Å². The number of fused-ring (bicyclic) bond motifs is 2. The van der Waals surface area contributed by atoms with Gasteiger partial charge in [-0.2, -0.15) is 9.49 Å². The van der Waals surface area contributed by atoms with E-state index in [1.54, 1.807) is 12.3 Å². The van der Waals surface area contributed by atoms with Crippen LogP contribution in [0.5, 0.6) is 0 Å². The Kier molecular flexibility index (Phi) is 5.11. The van der Waals surface area contributed by atoms with E-state index >= 15 is 0 Å². The molecule has 1 saturated heterocycles. The summed E-state index contributed by atoms with van der Waals surface area (Å²) in [6.45, 7) is 3.21. The van der Waals surface area contributed by atoms with E-state index in [-0.39, 0.29) is 5.13 Å². The molecule has 0 aromatic carbocycles. The highest BCUT2D eigenvalue weighted by molar-refractivity contribution is 7.14. The number of likely N-dealkylation sites (tertiary alicyclic amines) is 1. The quantitative estimate of drug-likeness (QED) is 0.305. The maximum Gasteiger partial charge on any atom is 0.176 e. The predicted molar refractivity (Wildman–Crippen MR) is 140 cm³/mol. The molecule has 178 valence electrons. The SMILES string of the molecule is Fc1ccc(-c2ccnc3[nH]c(-c4n[nH]c5cnc(-c6cncc(CN7CCCC7)c6)cc45)cc23)s1. The van der Waals surface area contributed by atoms with E-state index in [0.29, 0.717) is 0 Å². The zero-order valence-corrected chi connectivity index (χ0v) is 20.1. The van der Waals surface area contributed by atoms with Crippen LogP contribution in [-0.4, -0.2) is 48.1 Å². The average Bonchev–Trinajstić information content (AvgIpc) is 3.70. The number of pyridine rings is 3. The van der Waals surface area contributed by atoms with Crippen molar-refractivity contribution in [3.63, 3.8) is 0 Å². The molecule has 0 radical (unpaired) electrons. The summed E-state index contributed by atoms with van der Waals surface area (Å²) in [5, 5.41) is 9.36. The second-order valence-corrected chi connectivity index (χ2v) is 10.2. The smallest absolute Gasteiger partial charge is 0.176 e. The summed E-state index contributed by atoms with van der Waals surface area (Å²) in [5.41, 5.74) is 7.19. The van der Waals surface area contributed by atoms with Crippen LogP contribution in [0.25, 0.3) is 55.0 Å². The van der Waals surface area contributed by atoms with Crippen LogP contribution < -0.4 is 0 Å². The van der Waals surface area contributed by atoms with Crippen LogP contribution in [0.15, 0.2) is 61.2 Å².